The smallest absolute Gasteiger partial charge is 0.254 e. The Balaban J connectivity index is 0.00000280. The fourth-order valence-corrected chi connectivity index (χ4v) is 5.77. The van der Waals surface area contributed by atoms with Crippen molar-refractivity contribution in [3.63, 3.8) is 0 Å². The predicted molar refractivity (Wildman–Crippen MR) is 114 cm³/mol. The lowest BCUT2D eigenvalue weighted by Gasteiger charge is -2.39. The van der Waals surface area contributed by atoms with Crippen LogP contribution in [-0.4, -0.2) is 62.8 Å². The van der Waals surface area contributed by atoms with Crippen molar-refractivity contribution in [3.05, 3.63) is 29.3 Å². The summed E-state index contributed by atoms with van der Waals surface area (Å²) in [7, 11) is -3.57. The third-order valence-electron chi connectivity index (χ3n) is 6.23. The molecule has 0 atom stereocenters. The Kier molecular flexibility index (Phi) is 7.53. The first-order chi connectivity index (χ1) is 12.8. The Morgan fingerprint density at radius 2 is 1.82 bits per heavy atom. The SMILES string of the molecule is CCN(CC)S(=O)(=O)c1ccc(C)c(C(=O)N2CCC3(CCNC3)CC2)c1.Cl. The Morgan fingerprint density at radius 1 is 1.18 bits per heavy atom. The van der Waals surface area contributed by atoms with E-state index in [4.69, 9.17) is 0 Å². The maximum Gasteiger partial charge on any atom is 0.254 e. The largest absolute Gasteiger partial charge is 0.339 e. The number of carbonyl (C=O) groups excluding carboxylic acids is 1. The van der Waals surface area contributed by atoms with E-state index >= 15 is 0 Å². The zero-order chi connectivity index (χ0) is 19.7. The Bertz CT molecular complexity index is 793. The number of likely N-dealkylation sites (tertiary alicyclic amines) is 1. The van der Waals surface area contributed by atoms with Crippen LogP contribution in [0.15, 0.2) is 23.1 Å². The maximum absolute atomic E-state index is 13.1. The van der Waals surface area contributed by atoms with Crippen LogP contribution in [0.5, 0.6) is 0 Å². The number of amides is 1. The molecule has 1 spiro atoms. The van der Waals surface area contributed by atoms with Gasteiger partial charge < -0.3 is 10.2 Å². The summed E-state index contributed by atoms with van der Waals surface area (Å²) in [5.74, 6) is -0.0510. The summed E-state index contributed by atoms with van der Waals surface area (Å²) in [5, 5.41) is 3.44. The molecule has 2 heterocycles. The van der Waals surface area contributed by atoms with Gasteiger partial charge in [-0.25, -0.2) is 8.42 Å². The van der Waals surface area contributed by atoms with Crippen molar-refractivity contribution in [1.29, 1.82) is 0 Å². The molecule has 3 rings (SSSR count). The Hall–Kier alpha value is -1.15. The summed E-state index contributed by atoms with van der Waals surface area (Å²) in [6.07, 6.45) is 3.22. The first-order valence-corrected chi connectivity index (χ1v) is 11.4. The third kappa shape index (κ3) is 4.37. The van der Waals surface area contributed by atoms with Gasteiger partial charge in [0.2, 0.25) is 10.0 Å². The molecule has 0 aliphatic carbocycles. The first-order valence-electron chi connectivity index (χ1n) is 9.94. The van der Waals surface area contributed by atoms with E-state index < -0.39 is 10.0 Å². The molecule has 0 bridgehead atoms. The van der Waals surface area contributed by atoms with Crippen LogP contribution in [0.1, 0.15) is 49.0 Å². The lowest BCUT2D eigenvalue weighted by atomic mass is 9.77. The average Bonchev–Trinajstić information content (AvgIpc) is 3.11. The summed E-state index contributed by atoms with van der Waals surface area (Å²) in [5.41, 5.74) is 1.67. The second-order valence-electron chi connectivity index (χ2n) is 7.79. The summed E-state index contributed by atoms with van der Waals surface area (Å²) in [6.45, 7) is 9.94. The maximum atomic E-state index is 13.1. The first kappa shape index (κ1) is 23.1. The van der Waals surface area contributed by atoms with Crippen molar-refractivity contribution in [2.45, 2.75) is 44.9 Å². The number of nitrogens with zero attached hydrogens (tertiary/aromatic N) is 2. The average molecular weight is 430 g/mol. The summed E-state index contributed by atoms with van der Waals surface area (Å²) < 4.78 is 27.1. The third-order valence-corrected chi connectivity index (χ3v) is 8.27. The highest BCUT2D eigenvalue weighted by molar-refractivity contribution is 7.89. The number of hydrogen-bond acceptors (Lipinski definition) is 4. The van der Waals surface area contributed by atoms with E-state index in [0.29, 0.717) is 24.1 Å². The van der Waals surface area contributed by atoms with Crippen molar-refractivity contribution in [1.82, 2.24) is 14.5 Å². The van der Waals surface area contributed by atoms with Crippen molar-refractivity contribution in [3.8, 4) is 0 Å². The topological polar surface area (TPSA) is 69.7 Å². The van der Waals surface area contributed by atoms with E-state index in [2.05, 4.69) is 5.32 Å². The van der Waals surface area contributed by atoms with Crippen molar-refractivity contribution in [2.75, 3.05) is 39.3 Å². The molecule has 2 saturated heterocycles. The predicted octanol–water partition coefficient (Wildman–Crippen LogP) is 2.66. The molecule has 2 fully saturated rings. The summed E-state index contributed by atoms with van der Waals surface area (Å²) in [4.78, 5) is 15.2. The van der Waals surface area contributed by atoms with Gasteiger partial charge in [-0.3, -0.25) is 4.79 Å². The highest BCUT2D eigenvalue weighted by Gasteiger charge is 2.38. The van der Waals surface area contributed by atoms with E-state index in [9.17, 15) is 13.2 Å². The number of halogens is 1. The van der Waals surface area contributed by atoms with Crippen LogP contribution in [-0.2, 0) is 10.0 Å². The minimum Gasteiger partial charge on any atom is -0.339 e. The van der Waals surface area contributed by atoms with Gasteiger partial charge in [0.05, 0.1) is 4.90 Å². The molecule has 28 heavy (non-hydrogen) atoms. The van der Waals surface area contributed by atoms with Gasteiger partial charge in [-0.15, -0.1) is 12.4 Å². The molecule has 2 aliphatic heterocycles. The van der Waals surface area contributed by atoms with Crippen molar-refractivity contribution < 1.29 is 13.2 Å². The summed E-state index contributed by atoms with van der Waals surface area (Å²) >= 11 is 0. The van der Waals surface area contributed by atoms with Crippen LogP contribution < -0.4 is 5.32 Å². The molecule has 1 N–H and O–H groups in total. The number of rotatable bonds is 5. The minimum atomic E-state index is -3.57. The van der Waals surface area contributed by atoms with Crippen LogP contribution in [0, 0.1) is 12.3 Å². The zero-order valence-corrected chi connectivity index (χ0v) is 18.7. The van der Waals surface area contributed by atoms with E-state index in [1.54, 1.807) is 18.2 Å². The van der Waals surface area contributed by atoms with Crippen molar-refractivity contribution >= 4 is 28.3 Å². The Morgan fingerprint density at radius 3 is 2.36 bits per heavy atom. The number of benzene rings is 1. The lowest BCUT2D eigenvalue weighted by Crippen LogP contribution is -2.44. The second-order valence-corrected chi connectivity index (χ2v) is 9.72. The molecule has 0 unspecified atom stereocenters. The quantitative estimate of drug-likeness (QED) is 0.781. The molecule has 0 radical (unpaired) electrons. The molecule has 1 amide bonds. The number of nitrogens with one attached hydrogen (secondary N) is 1. The molecule has 2 aliphatic rings. The molecule has 158 valence electrons. The number of carbonyl (C=O) groups is 1. The van der Waals surface area contributed by atoms with Gasteiger partial charge in [0.25, 0.3) is 5.91 Å². The molecular weight excluding hydrogens is 398 g/mol. The van der Waals surface area contributed by atoms with Gasteiger partial charge >= 0.3 is 0 Å². The van der Waals surface area contributed by atoms with Crippen LogP contribution in [0.2, 0.25) is 0 Å². The lowest BCUT2D eigenvalue weighted by molar-refractivity contribution is 0.0606. The molecule has 1 aromatic rings. The monoisotopic (exact) mass is 429 g/mol. The van der Waals surface area contributed by atoms with Gasteiger partial charge in [-0.1, -0.05) is 19.9 Å². The zero-order valence-electron chi connectivity index (χ0n) is 17.0. The molecule has 6 nitrogen and oxygen atoms in total. The van der Waals surface area contributed by atoms with Gasteiger partial charge in [-0.2, -0.15) is 4.31 Å². The molecular formula is C20H32ClN3O3S. The Labute approximate surface area is 175 Å². The molecule has 8 heteroatoms. The number of piperidine rings is 1. The molecule has 0 aromatic heterocycles. The van der Waals surface area contributed by atoms with Gasteiger partial charge in [0.15, 0.2) is 0 Å². The normalized spacial score (nSPS) is 19.1. The van der Waals surface area contributed by atoms with Crippen LogP contribution >= 0.6 is 12.4 Å². The van der Waals surface area contributed by atoms with Crippen molar-refractivity contribution in [2.24, 2.45) is 5.41 Å². The van der Waals surface area contributed by atoms with Crippen LogP contribution in [0.25, 0.3) is 0 Å². The number of sulfonamides is 1. The standard InChI is InChI=1S/C20H31N3O3S.ClH/c1-4-23(5-2)27(25,26)17-7-6-16(3)18(14-17)19(24)22-12-9-20(10-13-22)8-11-21-15-20;/h6-7,14,21H,4-5,8-13,15H2,1-3H3;1H. The summed E-state index contributed by atoms with van der Waals surface area (Å²) in [6, 6.07) is 4.91. The van der Waals surface area contributed by atoms with E-state index in [0.717, 1.165) is 44.6 Å². The minimum absolute atomic E-state index is 0. The van der Waals surface area contributed by atoms with E-state index in [1.165, 1.54) is 10.7 Å². The van der Waals surface area contributed by atoms with Gasteiger partial charge in [0, 0.05) is 38.3 Å². The fourth-order valence-electron chi connectivity index (χ4n) is 4.28. The van der Waals surface area contributed by atoms with Gasteiger partial charge in [-0.05, 0) is 55.8 Å². The number of aryl methyl sites for hydroxylation is 1. The van der Waals surface area contributed by atoms with E-state index in [1.807, 2.05) is 25.7 Å². The molecule has 1 aromatic carbocycles. The second kappa shape index (κ2) is 9.11. The van der Waals surface area contributed by atoms with Gasteiger partial charge in [0.1, 0.15) is 0 Å². The van der Waals surface area contributed by atoms with Crippen LogP contribution in [0.4, 0.5) is 0 Å². The van der Waals surface area contributed by atoms with E-state index in [-0.39, 0.29) is 23.2 Å². The molecule has 0 saturated carbocycles. The number of hydrogen-bond donors (Lipinski definition) is 1. The fraction of sp³-hybridized carbons (Fsp3) is 0.650. The highest BCUT2D eigenvalue weighted by atomic mass is 35.5. The van der Waals surface area contributed by atoms with Crippen LogP contribution in [0.3, 0.4) is 0 Å². The highest BCUT2D eigenvalue weighted by Crippen LogP contribution is 2.37.